The molecular formula is C9H14O. The van der Waals surface area contributed by atoms with Crippen molar-refractivity contribution >= 4 is 5.78 Å². The average Bonchev–Trinajstić information content (AvgIpc) is 1.88. The third-order valence-corrected chi connectivity index (χ3v) is 2.07. The SMILES string of the molecule is CC(=O)C1=CCC[C@@H](C)C1. The zero-order valence-corrected chi connectivity index (χ0v) is 6.68. The monoisotopic (exact) mass is 138 g/mol. The van der Waals surface area contributed by atoms with Crippen molar-refractivity contribution in [3.8, 4) is 0 Å². The Bertz CT molecular complexity index is 168. The van der Waals surface area contributed by atoms with Gasteiger partial charge in [-0.05, 0) is 37.7 Å². The maximum atomic E-state index is 10.9. The predicted molar refractivity (Wildman–Crippen MR) is 41.8 cm³/mol. The highest BCUT2D eigenvalue weighted by atomic mass is 16.1. The topological polar surface area (TPSA) is 17.1 Å². The van der Waals surface area contributed by atoms with Crippen LogP contribution in [0, 0.1) is 5.92 Å². The number of carbonyl (C=O) groups is 1. The van der Waals surface area contributed by atoms with E-state index in [1.165, 1.54) is 6.42 Å². The Labute approximate surface area is 62.1 Å². The van der Waals surface area contributed by atoms with Gasteiger partial charge >= 0.3 is 0 Å². The highest BCUT2D eigenvalue weighted by Gasteiger charge is 2.13. The van der Waals surface area contributed by atoms with Gasteiger partial charge in [-0.2, -0.15) is 0 Å². The molecule has 1 rings (SSSR count). The summed E-state index contributed by atoms with van der Waals surface area (Å²) in [6, 6.07) is 0. The maximum Gasteiger partial charge on any atom is 0.155 e. The van der Waals surface area contributed by atoms with Gasteiger partial charge in [0, 0.05) is 0 Å². The van der Waals surface area contributed by atoms with E-state index in [4.69, 9.17) is 0 Å². The molecule has 0 aromatic heterocycles. The number of ketones is 1. The van der Waals surface area contributed by atoms with E-state index in [0.717, 1.165) is 18.4 Å². The molecule has 1 atom stereocenters. The highest BCUT2D eigenvalue weighted by molar-refractivity contribution is 5.93. The minimum absolute atomic E-state index is 0.256. The lowest BCUT2D eigenvalue weighted by Gasteiger charge is -2.16. The average molecular weight is 138 g/mol. The normalized spacial score (nSPS) is 25.8. The van der Waals surface area contributed by atoms with E-state index in [2.05, 4.69) is 13.0 Å². The molecule has 1 nitrogen and oxygen atoms in total. The Hall–Kier alpha value is -0.590. The first kappa shape index (κ1) is 7.52. The van der Waals surface area contributed by atoms with Gasteiger partial charge in [0.05, 0.1) is 0 Å². The van der Waals surface area contributed by atoms with E-state index < -0.39 is 0 Å². The van der Waals surface area contributed by atoms with Crippen LogP contribution in [0.15, 0.2) is 11.6 Å². The number of rotatable bonds is 1. The zero-order chi connectivity index (χ0) is 7.56. The molecule has 1 heteroatoms. The van der Waals surface area contributed by atoms with Gasteiger partial charge in [-0.3, -0.25) is 4.79 Å². The molecule has 0 saturated carbocycles. The third-order valence-electron chi connectivity index (χ3n) is 2.07. The van der Waals surface area contributed by atoms with Crippen molar-refractivity contribution < 1.29 is 4.79 Å². The molecule has 0 bridgehead atoms. The molecule has 1 aliphatic rings. The highest BCUT2D eigenvalue weighted by Crippen LogP contribution is 2.23. The molecule has 56 valence electrons. The van der Waals surface area contributed by atoms with Crippen molar-refractivity contribution in [1.82, 2.24) is 0 Å². The molecule has 0 fully saturated rings. The Kier molecular flexibility index (Phi) is 2.25. The van der Waals surface area contributed by atoms with Gasteiger partial charge in [-0.1, -0.05) is 13.0 Å². The molecule has 0 unspecified atom stereocenters. The molecular weight excluding hydrogens is 124 g/mol. The first-order valence-corrected chi connectivity index (χ1v) is 3.90. The fourth-order valence-corrected chi connectivity index (χ4v) is 1.39. The Balaban J connectivity index is 2.60. The Morgan fingerprint density at radius 3 is 2.80 bits per heavy atom. The number of hydrogen-bond acceptors (Lipinski definition) is 1. The van der Waals surface area contributed by atoms with E-state index >= 15 is 0 Å². The van der Waals surface area contributed by atoms with Gasteiger partial charge in [0.1, 0.15) is 0 Å². The second-order valence-electron chi connectivity index (χ2n) is 3.17. The van der Waals surface area contributed by atoms with Crippen molar-refractivity contribution in [1.29, 1.82) is 0 Å². The summed E-state index contributed by atoms with van der Waals surface area (Å²) in [7, 11) is 0. The summed E-state index contributed by atoms with van der Waals surface area (Å²) < 4.78 is 0. The largest absolute Gasteiger partial charge is 0.295 e. The quantitative estimate of drug-likeness (QED) is 0.543. The molecule has 0 radical (unpaired) electrons. The fourth-order valence-electron chi connectivity index (χ4n) is 1.39. The Morgan fingerprint density at radius 2 is 2.40 bits per heavy atom. The standard InChI is InChI=1S/C9H14O/c1-7-4-3-5-9(6-7)8(2)10/h5,7H,3-4,6H2,1-2H3/t7-/m1/s1. The van der Waals surface area contributed by atoms with Crippen LogP contribution in [0.5, 0.6) is 0 Å². The van der Waals surface area contributed by atoms with Crippen molar-refractivity contribution in [3.63, 3.8) is 0 Å². The summed E-state index contributed by atoms with van der Waals surface area (Å²) in [6.45, 7) is 3.86. The number of carbonyl (C=O) groups excluding carboxylic acids is 1. The van der Waals surface area contributed by atoms with Crippen LogP contribution in [0.4, 0.5) is 0 Å². The summed E-state index contributed by atoms with van der Waals surface area (Å²) >= 11 is 0. The molecule has 0 spiro atoms. The predicted octanol–water partition coefficient (Wildman–Crippen LogP) is 2.32. The number of Topliss-reactive ketones (excluding diaryl/α,β-unsaturated/α-hetero) is 1. The zero-order valence-electron chi connectivity index (χ0n) is 6.68. The van der Waals surface area contributed by atoms with Crippen molar-refractivity contribution in [3.05, 3.63) is 11.6 Å². The summed E-state index contributed by atoms with van der Waals surface area (Å²) in [5.41, 5.74) is 1.04. The molecule has 0 N–H and O–H groups in total. The van der Waals surface area contributed by atoms with Gasteiger partial charge < -0.3 is 0 Å². The summed E-state index contributed by atoms with van der Waals surface area (Å²) in [5.74, 6) is 0.968. The second kappa shape index (κ2) is 3.00. The lowest BCUT2D eigenvalue weighted by atomic mass is 9.89. The van der Waals surface area contributed by atoms with Crippen LogP contribution in [0.1, 0.15) is 33.1 Å². The van der Waals surface area contributed by atoms with E-state index in [9.17, 15) is 4.79 Å². The Morgan fingerprint density at radius 1 is 1.70 bits per heavy atom. The van der Waals surface area contributed by atoms with Crippen LogP contribution >= 0.6 is 0 Å². The lowest BCUT2D eigenvalue weighted by molar-refractivity contribution is -0.113. The smallest absolute Gasteiger partial charge is 0.155 e. The van der Waals surface area contributed by atoms with Gasteiger partial charge in [0.15, 0.2) is 5.78 Å². The van der Waals surface area contributed by atoms with E-state index in [0.29, 0.717) is 5.92 Å². The van der Waals surface area contributed by atoms with Crippen LogP contribution in [0.3, 0.4) is 0 Å². The van der Waals surface area contributed by atoms with Crippen LogP contribution in [0.25, 0.3) is 0 Å². The minimum atomic E-state index is 0.256. The van der Waals surface area contributed by atoms with Gasteiger partial charge in [-0.25, -0.2) is 0 Å². The van der Waals surface area contributed by atoms with Crippen LogP contribution in [-0.2, 0) is 4.79 Å². The summed E-state index contributed by atoms with van der Waals surface area (Å²) in [4.78, 5) is 10.9. The molecule has 0 saturated heterocycles. The first-order chi connectivity index (χ1) is 4.70. The molecule has 0 heterocycles. The minimum Gasteiger partial charge on any atom is -0.295 e. The van der Waals surface area contributed by atoms with Gasteiger partial charge in [0.25, 0.3) is 0 Å². The lowest BCUT2D eigenvalue weighted by Crippen LogP contribution is -2.07. The van der Waals surface area contributed by atoms with Gasteiger partial charge in [-0.15, -0.1) is 0 Å². The molecule has 0 aromatic rings. The second-order valence-corrected chi connectivity index (χ2v) is 3.17. The summed E-state index contributed by atoms with van der Waals surface area (Å²) in [5, 5.41) is 0. The summed E-state index contributed by atoms with van der Waals surface area (Å²) in [6.07, 6.45) is 5.42. The molecule has 0 aliphatic heterocycles. The van der Waals surface area contributed by atoms with Gasteiger partial charge in [0.2, 0.25) is 0 Å². The van der Waals surface area contributed by atoms with Crippen LogP contribution < -0.4 is 0 Å². The molecule has 0 amide bonds. The van der Waals surface area contributed by atoms with E-state index in [1.807, 2.05) is 0 Å². The van der Waals surface area contributed by atoms with E-state index in [-0.39, 0.29) is 5.78 Å². The first-order valence-electron chi connectivity index (χ1n) is 3.90. The van der Waals surface area contributed by atoms with Crippen LogP contribution in [-0.4, -0.2) is 5.78 Å². The molecule has 1 aliphatic carbocycles. The van der Waals surface area contributed by atoms with E-state index in [1.54, 1.807) is 6.92 Å². The van der Waals surface area contributed by atoms with Crippen molar-refractivity contribution in [2.24, 2.45) is 5.92 Å². The van der Waals surface area contributed by atoms with Crippen LogP contribution in [0.2, 0.25) is 0 Å². The molecule has 10 heavy (non-hydrogen) atoms. The van der Waals surface area contributed by atoms with Crippen molar-refractivity contribution in [2.45, 2.75) is 33.1 Å². The number of allylic oxidation sites excluding steroid dienone is 2. The van der Waals surface area contributed by atoms with Crippen molar-refractivity contribution in [2.75, 3.05) is 0 Å². The number of hydrogen-bond donors (Lipinski definition) is 0. The fraction of sp³-hybridized carbons (Fsp3) is 0.667. The molecule has 0 aromatic carbocycles. The maximum absolute atomic E-state index is 10.9. The third kappa shape index (κ3) is 1.69.